The molecule has 34 heavy (non-hydrogen) atoms. The second-order valence-corrected chi connectivity index (χ2v) is 7.90. The maximum Gasteiger partial charge on any atom is 0.153 e. The molecule has 1 aromatic carbocycles. The molecule has 0 atom stereocenters. The van der Waals surface area contributed by atoms with E-state index in [1.807, 2.05) is 25.1 Å². The Labute approximate surface area is 204 Å². The number of halogens is 3. The zero-order valence-electron chi connectivity index (χ0n) is 17.9. The third-order valence-corrected chi connectivity index (χ3v) is 5.61. The normalized spacial score (nSPS) is 11.3. The van der Waals surface area contributed by atoms with E-state index in [1.54, 1.807) is 12.4 Å². The molecule has 3 rings (SSSR count). The monoisotopic (exact) mass is 497 g/mol. The van der Waals surface area contributed by atoms with E-state index >= 15 is 0 Å². The van der Waals surface area contributed by atoms with Crippen molar-refractivity contribution in [1.29, 1.82) is 5.26 Å². The van der Waals surface area contributed by atoms with Crippen LogP contribution in [0.15, 0.2) is 69.4 Å². The first-order valence-corrected chi connectivity index (χ1v) is 10.9. The zero-order chi connectivity index (χ0) is 24.5. The topological polar surface area (TPSA) is 98.4 Å². The van der Waals surface area contributed by atoms with Gasteiger partial charge in [-0.25, -0.2) is 18.7 Å². The third-order valence-electron chi connectivity index (χ3n) is 4.46. The van der Waals surface area contributed by atoms with Gasteiger partial charge in [0.15, 0.2) is 5.15 Å². The second-order valence-electron chi connectivity index (χ2n) is 6.70. The summed E-state index contributed by atoms with van der Waals surface area (Å²) in [5, 5.41) is 12.2. The Morgan fingerprint density at radius 1 is 1.29 bits per heavy atom. The molecule has 0 saturated carbocycles. The fourth-order valence-electron chi connectivity index (χ4n) is 2.80. The molecule has 0 bridgehead atoms. The highest BCUT2D eigenvalue weighted by Gasteiger charge is 2.14. The first kappa shape index (κ1) is 24.8. The molecule has 2 N–H and O–H groups in total. The van der Waals surface area contributed by atoms with Gasteiger partial charge in [-0.15, -0.1) is 0 Å². The van der Waals surface area contributed by atoms with Gasteiger partial charge in [0, 0.05) is 36.4 Å². The lowest BCUT2D eigenvalue weighted by atomic mass is 10.0. The Kier molecular flexibility index (Phi) is 8.67. The summed E-state index contributed by atoms with van der Waals surface area (Å²) in [4.78, 5) is 16.4. The van der Waals surface area contributed by atoms with Gasteiger partial charge in [0.05, 0.1) is 16.2 Å². The molecule has 0 fully saturated rings. The summed E-state index contributed by atoms with van der Waals surface area (Å²) in [7, 11) is 0. The van der Waals surface area contributed by atoms with Crippen LogP contribution in [0, 0.1) is 29.9 Å². The molecule has 7 nitrogen and oxygen atoms in total. The number of benzene rings is 1. The van der Waals surface area contributed by atoms with E-state index in [1.165, 1.54) is 24.5 Å². The molecule has 0 radical (unpaired) electrons. The van der Waals surface area contributed by atoms with E-state index in [9.17, 15) is 8.78 Å². The predicted molar refractivity (Wildman–Crippen MR) is 133 cm³/mol. The molecular weight excluding hydrogens is 480 g/mol. The fourth-order valence-corrected chi connectivity index (χ4v) is 3.85. The average Bonchev–Trinajstić information content (AvgIpc) is 2.82. The Morgan fingerprint density at radius 2 is 2.12 bits per heavy atom. The number of aromatic nitrogens is 2. The quantitative estimate of drug-likeness (QED) is 0.161. The maximum atomic E-state index is 14.0. The highest BCUT2D eigenvalue weighted by molar-refractivity contribution is 8.00. The summed E-state index contributed by atoms with van der Waals surface area (Å²) in [6.07, 6.45) is 5.97. The molecular formula is C23H18ClF2N7S. The predicted octanol–water partition coefficient (Wildman–Crippen LogP) is 6.05. The fraction of sp³-hybridized carbons (Fsp3) is 0.0870. The Bertz CT molecular complexity index is 1300. The lowest BCUT2D eigenvalue weighted by molar-refractivity contribution is 0.566. The lowest BCUT2D eigenvalue weighted by Gasteiger charge is -2.15. The summed E-state index contributed by atoms with van der Waals surface area (Å²) in [5.41, 5.74) is 3.17. The van der Waals surface area contributed by atoms with Gasteiger partial charge < -0.3 is 10.0 Å². The molecule has 11 heteroatoms. The van der Waals surface area contributed by atoms with Crippen LogP contribution >= 0.6 is 23.5 Å². The summed E-state index contributed by atoms with van der Waals surface area (Å²) in [6, 6.07) is 8.92. The SMILES string of the molecule is C=N/C=C(C#N)\C=N/CNc1cc(-c2cnc(Cl)c(NSc3ccc(F)cc3F)c2C)ccn1. The largest absolute Gasteiger partial charge is 0.351 e. The highest BCUT2D eigenvalue weighted by Crippen LogP contribution is 2.35. The van der Waals surface area contributed by atoms with Crippen LogP contribution in [0.2, 0.25) is 5.15 Å². The van der Waals surface area contributed by atoms with Crippen LogP contribution in [0.3, 0.4) is 0 Å². The first-order valence-electron chi connectivity index (χ1n) is 9.72. The van der Waals surface area contributed by atoms with Crippen molar-refractivity contribution in [3.05, 3.63) is 76.8 Å². The van der Waals surface area contributed by atoms with Crippen molar-refractivity contribution in [3.63, 3.8) is 0 Å². The standard InChI is InChI=1S/C23H18ClF2N7S/c1-14-18(12-31-23(24)22(14)33-34-20-4-3-17(25)8-19(20)26)16-5-6-30-21(7-16)32-13-29-11-15(9-27)10-28-2/h3-8,10-12,33H,2,13H2,1H3,(H,30,32)/b15-10-,29-11-. The van der Waals surface area contributed by atoms with Gasteiger partial charge in [-0.1, -0.05) is 11.6 Å². The smallest absolute Gasteiger partial charge is 0.153 e. The molecule has 0 aliphatic rings. The molecule has 0 aliphatic carbocycles. The van der Waals surface area contributed by atoms with Crippen molar-refractivity contribution in [3.8, 4) is 17.2 Å². The number of nitrogens with zero attached hydrogens (tertiary/aromatic N) is 5. The van der Waals surface area contributed by atoms with Crippen molar-refractivity contribution in [2.75, 3.05) is 16.7 Å². The van der Waals surface area contributed by atoms with E-state index in [-0.39, 0.29) is 22.3 Å². The minimum Gasteiger partial charge on any atom is -0.351 e. The molecule has 2 heterocycles. The van der Waals surface area contributed by atoms with Gasteiger partial charge in [-0.05, 0) is 61.0 Å². The van der Waals surface area contributed by atoms with Crippen LogP contribution in [-0.4, -0.2) is 29.6 Å². The number of nitriles is 1. The molecule has 0 spiro atoms. The number of pyridine rings is 2. The van der Waals surface area contributed by atoms with Gasteiger partial charge in [0.25, 0.3) is 0 Å². The summed E-state index contributed by atoms with van der Waals surface area (Å²) in [5.74, 6) is -0.769. The van der Waals surface area contributed by atoms with Crippen molar-refractivity contribution in [2.24, 2.45) is 9.98 Å². The second kappa shape index (κ2) is 11.9. The Hall–Kier alpha value is -3.81. The van der Waals surface area contributed by atoms with Gasteiger partial charge in [-0.3, -0.25) is 9.98 Å². The maximum absolute atomic E-state index is 14.0. The van der Waals surface area contributed by atoms with Gasteiger partial charge in [0.2, 0.25) is 0 Å². The van der Waals surface area contributed by atoms with Gasteiger partial charge in [-0.2, -0.15) is 5.26 Å². The van der Waals surface area contributed by atoms with Crippen molar-refractivity contribution < 1.29 is 8.78 Å². The van der Waals surface area contributed by atoms with Crippen molar-refractivity contribution in [1.82, 2.24) is 9.97 Å². The van der Waals surface area contributed by atoms with Crippen LogP contribution in [0.5, 0.6) is 0 Å². The van der Waals surface area contributed by atoms with Crippen LogP contribution in [0.1, 0.15) is 5.56 Å². The Balaban J connectivity index is 1.77. The van der Waals surface area contributed by atoms with E-state index < -0.39 is 11.6 Å². The number of aliphatic imine (C=N–C) groups is 2. The lowest BCUT2D eigenvalue weighted by Crippen LogP contribution is -2.02. The molecule has 3 aromatic rings. The molecule has 0 aliphatic heterocycles. The highest BCUT2D eigenvalue weighted by atomic mass is 35.5. The minimum absolute atomic E-state index is 0.192. The number of hydrogen-bond acceptors (Lipinski definition) is 8. The summed E-state index contributed by atoms with van der Waals surface area (Å²) >= 11 is 7.25. The van der Waals surface area contributed by atoms with Crippen LogP contribution in [-0.2, 0) is 0 Å². The zero-order valence-corrected chi connectivity index (χ0v) is 19.5. The number of hydrogen-bond donors (Lipinski definition) is 2. The first-order chi connectivity index (χ1) is 16.4. The van der Waals surface area contributed by atoms with E-state index in [2.05, 4.69) is 36.7 Å². The van der Waals surface area contributed by atoms with Crippen LogP contribution in [0.4, 0.5) is 20.3 Å². The van der Waals surface area contributed by atoms with Crippen LogP contribution in [0.25, 0.3) is 11.1 Å². The molecule has 2 aromatic heterocycles. The van der Waals surface area contributed by atoms with Gasteiger partial charge >= 0.3 is 0 Å². The number of nitrogens with one attached hydrogen (secondary N) is 2. The number of rotatable bonds is 9. The third kappa shape index (κ3) is 6.37. The molecule has 0 amide bonds. The molecule has 0 saturated heterocycles. The molecule has 172 valence electrons. The number of allylic oxidation sites excluding steroid dienone is 1. The van der Waals surface area contributed by atoms with Gasteiger partial charge in [0.1, 0.15) is 30.2 Å². The Morgan fingerprint density at radius 3 is 2.85 bits per heavy atom. The summed E-state index contributed by atoms with van der Waals surface area (Å²) in [6.45, 7) is 5.35. The van der Waals surface area contributed by atoms with Crippen molar-refractivity contribution >= 4 is 48.0 Å². The van der Waals surface area contributed by atoms with Crippen LogP contribution < -0.4 is 10.0 Å². The van der Waals surface area contributed by atoms with E-state index in [0.29, 0.717) is 11.5 Å². The molecule has 0 unspecified atom stereocenters. The average molecular weight is 498 g/mol. The minimum atomic E-state index is -0.680. The van der Waals surface area contributed by atoms with E-state index in [4.69, 9.17) is 16.9 Å². The summed E-state index contributed by atoms with van der Waals surface area (Å²) < 4.78 is 30.1. The van der Waals surface area contributed by atoms with Crippen molar-refractivity contribution in [2.45, 2.75) is 11.8 Å². The van der Waals surface area contributed by atoms with E-state index in [0.717, 1.165) is 34.7 Å². The number of anilines is 2.